The van der Waals surface area contributed by atoms with Crippen molar-refractivity contribution in [3.8, 4) is 0 Å². The zero-order chi connectivity index (χ0) is 34.7. The molecule has 2 aromatic rings. The average molecular weight is 664 g/mol. The first-order valence-electron chi connectivity index (χ1n) is 13.9. The van der Waals surface area contributed by atoms with Crippen LogP contribution in [0.1, 0.15) is 41.1 Å². The first-order valence-corrected chi connectivity index (χ1v) is 13.9. The van der Waals surface area contributed by atoms with Crippen molar-refractivity contribution in [2.24, 2.45) is 0 Å². The molecule has 254 valence electrons. The second kappa shape index (κ2) is 17.1. The van der Waals surface area contributed by atoms with Crippen molar-refractivity contribution in [3.05, 3.63) is 82.9 Å². The van der Waals surface area contributed by atoms with Gasteiger partial charge < -0.3 is 25.3 Å². The van der Waals surface area contributed by atoms with Crippen LogP contribution in [0.3, 0.4) is 0 Å². The highest BCUT2D eigenvalue weighted by atomic mass is 19.4. The van der Waals surface area contributed by atoms with Crippen LogP contribution < -0.4 is 0 Å². The van der Waals surface area contributed by atoms with Gasteiger partial charge in [-0.05, 0) is 48.6 Å². The molecule has 1 atom stereocenters. The van der Waals surface area contributed by atoms with Gasteiger partial charge in [-0.2, -0.15) is 26.3 Å². The summed E-state index contributed by atoms with van der Waals surface area (Å²) in [5.74, 6) is -2.85. The molecule has 46 heavy (non-hydrogen) atoms. The fourth-order valence-corrected chi connectivity index (χ4v) is 4.85. The van der Waals surface area contributed by atoms with Crippen LogP contribution in [0.5, 0.6) is 0 Å². The number of alkyl halides is 6. The maximum atomic E-state index is 13.6. The normalized spacial score (nSPS) is 15.3. The molecule has 10 nitrogen and oxygen atoms in total. The van der Waals surface area contributed by atoms with Gasteiger partial charge in [0.2, 0.25) is 5.91 Å². The summed E-state index contributed by atoms with van der Waals surface area (Å²) in [4.78, 5) is 37.5. The highest BCUT2D eigenvalue weighted by Gasteiger charge is 2.37. The number of hydrogen-bond donors (Lipinski definition) is 4. The van der Waals surface area contributed by atoms with Gasteiger partial charge in [0.15, 0.2) is 0 Å². The van der Waals surface area contributed by atoms with Gasteiger partial charge in [-0.15, -0.1) is 0 Å². The molecule has 0 spiro atoms. The Morgan fingerprint density at radius 2 is 1.35 bits per heavy atom. The molecular formula is C30H35F6N3O7. The van der Waals surface area contributed by atoms with E-state index in [0.29, 0.717) is 55.8 Å². The number of likely N-dealkylation sites (N-methyl/N-ethyl adjacent to an activating group) is 1. The van der Waals surface area contributed by atoms with Crippen LogP contribution >= 0.6 is 0 Å². The number of hydrogen-bond acceptors (Lipinski definition) is 7. The Balaban J connectivity index is 0.000000812. The minimum atomic E-state index is -4.94. The Hall–Kier alpha value is -3.99. The van der Waals surface area contributed by atoms with Crippen LogP contribution in [0, 0.1) is 0 Å². The lowest BCUT2D eigenvalue weighted by atomic mass is 9.97. The third-order valence-electron chi connectivity index (χ3n) is 7.22. The molecule has 1 aliphatic heterocycles. The monoisotopic (exact) mass is 663 g/mol. The smallest absolute Gasteiger partial charge is 0.416 e. The van der Waals surface area contributed by atoms with E-state index < -0.39 is 41.5 Å². The van der Waals surface area contributed by atoms with Crippen molar-refractivity contribution in [1.82, 2.24) is 14.7 Å². The molecule has 16 heteroatoms. The van der Waals surface area contributed by atoms with Crippen LogP contribution in [0.25, 0.3) is 0 Å². The predicted octanol–water partition coefficient (Wildman–Crippen LogP) is 3.84. The predicted molar refractivity (Wildman–Crippen MR) is 152 cm³/mol. The Morgan fingerprint density at radius 3 is 1.76 bits per heavy atom. The molecule has 0 saturated carbocycles. The summed E-state index contributed by atoms with van der Waals surface area (Å²) in [5.41, 5.74) is -2.23. The van der Waals surface area contributed by atoms with E-state index in [1.165, 1.54) is 16.8 Å². The van der Waals surface area contributed by atoms with Gasteiger partial charge in [-0.3, -0.25) is 14.6 Å². The van der Waals surface area contributed by atoms with Crippen LogP contribution in [0.2, 0.25) is 0 Å². The van der Waals surface area contributed by atoms with E-state index in [1.807, 2.05) is 4.90 Å². The zero-order valence-corrected chi connectivity index (χ0v) is 24.7. The number of carbonyl (C=O) groups excluding carboxylic acids is 1. The summed E-state index contributed by atoms with van der Waals surface area (Å²) in [5, 5.41) is 34.5. The maximum absolute atomic E-state index is 13.6. The lowest BCUT2D eigenvalue weighted by Gasteiger charge is -2.41. The second-order valence-electron chi connectivity index (χ2n) is 10.4. The summed E-state index contributed by atoms with van der Waals surface area (Å²) in [6, 6.07) is 9.63. The summed E-state index contributed by atoms with van der Waals surface area (Å²) in [7, 11) is 1.47. The summed E-state index contributed by atoms with van der Waals surface area (Å²) < 4.78 is 79.3. The maximum Gasteiger partial charge on any atom is 0.416 e. The van der Waals surface area contributed by atoms with Gasteiger partial charge in [0.05, 0.1) is 24.6 Å². The van der Waals surface area contributed by atoms with E-state index in [9.17, 15) is 50.9 Å². The largest absolute Gasteiger partial charge is 0.478 e. The van der Waals surface area contributed by atoms with Gasteiger partial charge in [-0.25, -0.2) is 9.59 Å². The van der Waals surface area contributed by atoms with Gasteiger partial charge in [0.25, 0.3) is 0 Å². The number of amides is 1. The third kappa shape index (κ3) is 11.7. The molecular weight excluding hydrogens is 628 g/mol. The van der Waals surface area contributed by atoms with Crippen LogP contribution in [0.4, 0.5) is 26.3 Å². The average Bonchev–Trinajstić information content (AvgIpc) is 3.00. The molecule has 0 radical (unpaired) electrons. The fourth-order valence-electron chi connectivity index (χ4n) is 4.85. The number of benzene rings is 2. The van der Waals surface area contributed by atoms with Crippen LogP contribution in [-0.4, -0.2) is 99.2 Å². The summed E-state index contributed by atoms with van der Waals surface area (Å²) >= 11 is 0. The minimum absolute atomic E-state index is 0.0609. The number of carbonyl (C=O) groups is 3. The molecule has 0 bridgehead atoms. The van der Waals surface area contributed by atoms with Crippen LogP contribution in [-0.2, 0) is 33.2 Å². The molecule has 0 aliphatic carbocycles. The quantitative estimate of drug-likeness (QED) is 0.160. The van der Waals surface area contributed by atoms with Crippen molar-refractivity contribution in [3.63, 3.8) is 0 Å². The number of aliphatic carboxylic acids is 2. The number of rotatable bonds is 11. The van der Waals surface area contributed by atoms with E-state index in [-0.39, 0.29) is 50.0 Å². The fraction of sp³-hybridized carbons (Fsp3) is 0.433. The molecule has 1 amide bonds. The molecule has 2 aromatic carbocycles. The van der Waals surface area contributed by atoms with Gasteiger partial charge >= 0.3 is 24.3 Å². The second-order valence-corrected chi connectivity index (χ2v) is 10.4. The molecule has 0 unspecified atom stereocenters. The van der Waals surface area contributed by atoms with Crippen molar-refractivity contribution in [1.29, 1.82) is 0 Å². The topological polar surface area (TPSA) is 142 Å². The lowest BCUT2D eigenvalue weighted by molar-refractivity contribution is -0.143. The first kappa shape index (κ1) is 38.2. The highest BCUT2D eigenvalue weighted by Crippen LogP contribution is 2.36. The SMILES string of the molecule is CN(CCc1cc(C(F)(F)F)cc(C(F)(F)F)c1)C(=O)[C@@H](c1ccccc1)N1CCC(N(CO)CO)CC1.O=C(O)/C=C\C(=O)O. The Kier molecular flexibility index (Phi) is 14.2. The minimum Gasteiger partial charge on any atom is -0.478 e. The van der Waals surface area contributed by atoms with Crippen molar-refractivity contribution >= 4 is 17.8 Å². The van der Waals surface area contributed by atoms with E-state index >= 15 is 0 Å². The van der Waals surface area contributed by atoms with Gasteiger partial charge in [-0.1, -0.05) is 30.3 Å². The van der Waals surface area contributed by atoms with E-state index in [4.69, 9.17) is 10.2 Å². The number of carboxylic acids is 2. The van der Waals surface area contributed by atoms with Gasteiger partial charge in [0.1, 0.15) is 6.04 Å². The number of piperidine rings is 1. The molecule has 1 saturated heterocycles. The lowest BCUT2D eigenvalue weighted by Crippen LogP contribution is -2.49. The zero-order valence-electron chi connectivity index (χ0n) is 24.7. The van der Waals surface area contributed by atoms with Crippen molar-refractivity contribution < 1.29 is 61.2 Å². The van der Waals surface area contributed by atoms with E-state index in [1.54, 1.807) is 30.3 Å². The molecule has 0 aromatic heterocycles. The number of aliphatic hydroxyl groups is 2. The number of nitrogens with zero attached hydrogens (tertiary/aromatic N) is 3. The number of carboxylic acid groups (broad SMARTS) is 2. The van der Waals surface area contributed by atoms with E-state index in [2.05, 4.69) is 0 Å². The van der Waals surface area contributed by atoms with Crippen LogP contribution in [0.15, 0.2) is 60.7 Å². The molecule has 1 aliphatic rings. The Bertz CT molecular complexity index is 1280. The summed E-state index contributed by atoms with van der Waals surface area (Å²) in [6.45, 7) is 0.304. The summed E-state index contributed by atoms with van der Waals surface area (Å²) in [6.07, 6.45) is -7.78. The van der Waals surface area contributed by atoms with E-state index in [0.717, 1.165) is 0 Å². The van der Waals surface area contributed by atoms with Crippen molar-refractivity contribution in [2.75, 3.05) is 40.1 Å². The molecule has 1 heterocycles. The number of halogens is 6. The number of likely N-dealkylation sites (tertiary alicyclic amines) is 1. The standard InChI is InChI=1S/C26H31F6N3O3.C4H4O4/c1-33(10-7-18-13-20(25(27,28)29)15-21(14-18)26(30,31)32)24(38)23(19-5-3-2-4-6-19)34-11-8-22(9-12-34)35(16-36)17-37;5-3(6)1-2-4(7)8/h2-6,13-15,22-23,36-37H,7-12,16-17H2,1H3;1-2H,(H,5,6)(H,7,8)/b;2-1-/t23-;/m1./s1. The van der Waals surface area contributed by atoms with Crippen molar-refractivity contribution in [2.45, 2.75) is 43.7 Å². The van der Waals surface area contributed by atoms with Gasteiger partial charge in [0, 0.05) is 44.9 Å². The highest BCUT2D eigenvalue weighted by molar-refractivity contribution is 5.89. The molecule has 1 fully saturated rings. The Labute approximate surface area is 260 Å². The molecule has 3 rings (SSSR count). The first-order chi connectivity index (χ1) is 21.5. The Morgan fingerprint density at radius 1 is 0.870 bits per heavy atom. The number of aliphatic hydroxyl groups excluding tert-OH is 2. The third-order valence-corrected chi connectivity index (χ3v) is 7.22. The molecule has 4 N–H and O–H groups in total.